The molecule has 0 bridgehead atoms. The minimum absolute atomic E-state index is 0.0295. The third kappa shape index (κ3) is 3.20. The van der Waals surface area contributed by atoms with E-state index in [4.69, 9.17) is 9.84 Å². The molecule has 0 aromatic carbocycles. The fourth-order valence-corrected chi connectivity index (χ4v) is 1.54. The SMILES string of the molecule is CCOC(Cn1ccn(C(C)C)c1=O)C(=O)O. The molecule has 96 valence electrons. The van der Waals surface area contributed by atoms with Gasteiger partial charge >= 0.3 is 11.7 Å². The molecule has 0 amide bonds. The average Bonchev–Trinajstić information content (AvgIpc) is 2.59. The summed E-state index contributed by atoms with van der Waals surface area (Å²) in [6, 6.07) is 0.0547. The van der Waals surface area contributed by atoms with Gasteiger partial charge in [0.15, 0.2) is 6.10 Å². The molecule has 0 saturated heterocycles. The number of aliphatic carboxylic acids is 1. The van der Waals surface area contributed by atoms with E-state index in [0.29, 0.717) is 6.61 Å². The first-order valence-electron chi connectivity index (χ1n) is 5.59. The van der Waals surface area contributed by atoms with Gasteiger partial charge in [-0.1, -0.05) is 0 Å². The van der Waals surface area contributed by atoms with E-state index in [1.54, 1.807) is 23.9 Å². The van der Waals surface area contributed by atoms with E-state index in [2.05, 4.69) is 0 Å². The molecule has 1 unspecified atom stereocenters. The largest absolute Gasteiger partial charge is 0.479 e. The van der Waals surface area contributed by atoms with Crippen LogP contribution in [0.25, 0.3) is 0 Å². The number of ether oxygens (including phenoxy) is 1. The number of aromatic nitrogens is 2. The van der Waals surface area contributed by atoms with Crippen molar-refractivity contribution in [2.45, 2.75) is 39.5 Å². The van der Waals surface area contributed by atoms with Gasteiger partial charge in [0.25, 0.3) is 0 Å². The molecule has 0 aliphatic rings. The zero-order chi connectivity index (χ0) is 13.0. The molecule has 1 atom stereocenters. The van der Waals surface area contributed by atoms with Crippen LogP contribution in [0.1, 0.15) is 26.8 Å². The summed E-state index contributed by atoms with van der Waals surface area (Å²) >= 11 is 0. The van der Waals surface area contributed by atoms with Gasteiger partial charge in [-0.25, -0.2) is 9.59 Å². The number of imidazole rings is 1. The van der Waals surface area contributed by atoms with Crippen LogP contribution in [0, 0.1) is 0 Å². The highest BCUT2D eigenvalue weighted by Gasteiger charge is 2.19. The third-order valence-electron chi connectivity index (χ3n) is 2.44. The van der Waals surface area contributed by atoms with Crippen LogP contribution >= 0.6 is 0 Å². The lowest BCUT2D eigenvalue weighted by Crippen LogP contribution is -2.34. The van der Waals surface area contributed by atoms with Crippen LogP contribution in [0.2, 0.25) is 0 Å². The predicted octanol–water partition coefficient (Wildman–Crippen LogP) is 0.720. The maximum atomic E-state index is 11.9. The van der Waals surface area contributed by atoms with Crippen molar-refractivity contribution in [2.75, 3.05) is 6.61 Å². The van der Waals surface area contributed by atoms with Crippen LogP contribution in [0.3, 0.4) is 0 Å². The molecule has 6 nitrogen and oxygen atoms in total. The minimum Gasteiger partial charge on any atom is -0.479 e. The lowest BCUT2D eigenvalue weighted by Gasteiger charge is -2.12. The van der Waals surface area contributed by atoms with Crippen molar-refractivity contribution in [3.8, 4) is 0 Å². The van der Waals surface area contributed by atoms with E-state index in [1.165, 1.54) is 4.57 Å². The molecule has 1 rings (SSSR count). The molecule has 0 saturated carbocycles. The number of rotatable bonds is 6. The number of hydrogen-bond donors (Lipinski definition) is 1. The van der Waals surface area contributed by atoms with Gasteiger partial charge in [-0.05, 0) is 20.8 Å². The summed E-state index contributed by atoms with van der Waals surface area (Å²) in [6.45, 7) is 5.84. The summed E-state index contributed by atoms with van der Waals surface area (Å²) in [4.78, 5) is 22.7. The lowest BCUT2D eigenvalue weighted by atomic mass is 10.3. The summed E-state index contributed by atoms with van der Waals surface area (Å²) in [6.07, 6.45) is 2.25. The van der Waals surface area contributed by atoms with Gasteiger partial charge in [0.2, 0.25) is 0 Å². The van der Waals surface area contributed by atoms with Gasteiger partial charge in [0.1, 0.15) is 0 Å². The van der Waals surface area contributed by atoms with Crippen LogP contribution in [0.4, 0.5) is 0 Å². The summed E-state index contributed by atoms with van der Waals surface area (Å²) in [5.41, 5.74) is -0.217. The first-order chi connectivity index (χ1) is 7.97. The second kappa shape index (κ2) is 5.67. The summed E-state index contributed by atoms with van der Waals surface area (Å²) < 4.78 is 7.97. The Morgan fingerprint density at radius 2 is 2.12 bits per heavy atom. The zero-order valence-corrected chi connectivity index (χ0v) is 10.3. The topological polar surface area (TPSA) is 73.5 Å². The molecule has 0 aliphatic carbocycles. The monoisotopic (exact) mass is 242 g/mol. The van der Waals surface area contributed by atoms with Crippen molar-refractivity contribution in [1.29, 1.82) is 0 Å². The van der Waals surface area contributed by atoms with Crippen LogP contribution in [-0.4, -0.2) is 32.9 Å². The Hall–Kier alpha value is -1.56. The number of carboxylic acid groups (broad SMARTS) is 1. The molecule has 17 heavy (non-hydrogen) atoms. The Bertz CT molecular complexity index is 433. The normalized spacial score (nSPS) is 12.9. The molecule has 1 heterocycles. The molecule has 6 heteroatoms. The molecule has 0 radical (unpaired) electrons. The molecule has 0 spiro atoms. The lowest BCUT2D eigenvalue weighted by molar-refractivity contribution is -0.151. The summed E-state index contributed by atoms with van der Waals surface area (Å²) in [5.74, 6) is -1.06. The third-order valence-corrected chi connectivity index (χ3v) is 2.44. The maximum Gasteiger partial charge on any atom is 0.334 e. The van der Waals surface area contributed by atoms with E-state index in [9.17, 15) is 9.59 Å². The van der Waals surface area contributed by atoms with Gasteiger partial charge in [0, 0.05) is 25.0 Å². The van der Waals surface area contributed by atoms with Crippen LogP contribution in [0.15, 0.2) is 17.2 Å². The average molecular weight is 242 g/mol. The van der Waals surface area contributed by atoms with Crippen LogP contribution in [-0.2, 0) is 16.1 Å². The second-order valence-electron chi connectivity index (χ2n) is 4.02. The molecule has 1 N–H and O–H groups in total. The Morgan fingerprint density at radius 1 is 1.47 bits per heavy atom. The molecule has 0 fully saturated rings. The van der Waals surface area contributed by atoms with Crippen molar-refractivity contribution >= 4 is 5.97 Å². The second-order valence-corrected chi connectivity index (χ2v) is 4.02. The maximum absolute atomic E-state index is 11.9. The van der Waals surface area contributed by atoms with Gasteiger partial charge in [-0.3, -0.25) is 9.13 Å². The zero-order valence-electron chi connectivity index (χ0n) is 10.3. The van der Waals surface area contributed by atoms with Crippen LogP contribution < -0.4 is 5.69 Å². The Morgan fingerprint density at radius 3 is 2.53 bits per heavy atom. The van der Waals surface area contributed by atoms with Crippen LogP contribution in [0.5, 0.6) is 0 Å². The van der Waals surface area contributed by atoms with Gasteiger partial charge in [-0.15, -0.1) is 0 Å². The first-order valence-corrected chi connectivity index (χ1v) is 5.59. The quantitative estimate of drug-likeness (QED) is 0.797. The van der Waals surface area contributed by atoms with Crippen molar-refractivity contribution < 1.29 is 14.6 Å². The molecule has 1 aromatic heterocycles. The Kier molecular flexibility index (Phi) is 4.51. The van der Waals surface area contributed by atoms with E-state index in [1.807, 2.05) is 13.8 Å². The Balaban J connectivity index is 2.87. The number of carbonyl (C=O) groups is 1. The highest BCUT2D eigenvalue weighted by atomic mass is 16.5. The highest BCUT2D eigenvalue weighted by Crippen LogP contribution is 2.01. The van der Waals surface area contributed by atoms with E-state index in [0.717, 1.165) is 0 Å². The molecular weight excluding hydrogens is 224 g/mol. The molecule has 1 aromatic rings. The fraction of sp³-hybridized carbons (Fsp3) is 0.636. The number of hydrogen-bond acceptors (Lipinski definition) is 3. The highest BCUT2D eigenvalue weighted by molar-refractivity contribution is 5.72. The Labute approximate surface area is 99.4 Å². The smallest absolute Gasteiger partial charge is 0.334 e. The standard InChI is InChI=1S/C11H18N2O4/c1-4-17-9(10(14)15)7-12-5-6-13(8(2)3)11(12)16/h5-6,8-9H,4,7H2,1-3H3,(H,14,15). The minimum atomic E-state index is -1.06. The van der Waals surface area contributed by atoms with E-state index < -0.39 is 12.1 Å². The van der Waals surface area contributed by atoms with Crippen molar-refractivity contribution in [3.63, 3.8) is 0 Å². The van der Waals surface area contributed by atoms with Crippen molar-refractivity contribution in [2.24, 2.45) is 0 Å². The molecule has 0 aliphatic heterocycles. The van der Waals surface area contributed by atoms with Gasteiger partial charge in [-0.2, -0.15) is 0 Å². The molecular formula is C11H18N2O4. The van der Waals surface area contributed by atoms with Gasteiger partial charge < -0.3 is 9.84 Å². The van der Waals surface area contributed by atoms with E-state index in [-0.39, 0.29) is 18.3 Å². The number of carboxylic acids is 1. The first kappa shape index (κ1) is 13.5. The number of nitrogens with zero attached hydrogens (tertiary/aromatic N) is 2. The predicted molar refractivity (Wildman–Crippen MR) is 62.1 cm³/mol. The fourth-order valence-electron chi connectivity index (χ4n) is 1.54. The van der Waals surface area contributed by atoms with Crippen molar-refractivity contribution in [1.82, 2.24) is 9.13 Å². The van der Waals surface area contributed by atoms with Gasteiger partial charge in [0.05, 0.1) is 6.54 Å². The van der Waals surface area contributed by atoms with Crippen molar-refractivity contribution in [3.05, 3.63) is 22.9 Å². The van der Waals surface area contributed by atoms with E-state index >= 15 is 0 Å². The summed E-state index contributed by atoms with van der Waals surface area (Å²) in [7, 11) is 0. The summed E-state index contributed by atoms with van der Waals surface area (Å²) in [5, 5.41) is 8.93.